The van der Waals surface area contributed by atoms with Gasteiger partial charge in [0.2, 0.25) is 5.88 Å². The van der Waals surface area contributed by atoms with Crippen LogP contribution >= 0.6 is 0 Å². The van der Waals surface area contributed by atoms with Gasteiger partial charge < -0.3 is 25.0 Å². The van der Waals surface area contributed by atoms with Crippen LogP contribution in [0.2, 0.25) is 0 Å². The normalized spacial score (nSPS) is 13.9. The lowest BCUT2D eigenvalue weighted by atomic mass is 10.1. The molecular formula is C27H31FN6O2. The molecule has 3 aromatic rings. The van der Waals surface area contributed by atoms with E-state index in [2.05, 4.69) is 33.8 Å². The fraction of sp³-hybridized carbons (Fsp3) is 0.296. The van der Waals surface area contributed by atoms with Crippen molar-refractivity contribution in [1.82, 2.24) is 20.5 Å². The van der Waals surface area contributed by atoms with Gasteiger partial charge in [-0.15, -0.1) is 10.2 Å². The summed E-state index contributed by atoms with van der Waals surface area (Å²) < 4.78 is 24.5. The molecule has 3 heterocycles. The van der Waals surface area contributed by atoms with Crippen LogP contribution in [0.25, 0.3) is 11.4 Å². The summed E-state index contributed by atoms with van der Waals surface area (Å²) in [5.74, 6) is 0.938. The van der Waals surface area contributed by atoms with E-state index >= 15 is 0 Å². The number of allylic oxidation sites excluding steroid dienone is 1. The second kappa shape index (κ2) is 11.1. The molecule has 2 N–H and O–H groups in total. The molecule has 1 aliphatic rings. The third-order valence-corrected chi connectivity index (χ3v) is 5.98. The van der Waals surface area contributed by atoms with E-state index in [0.717, 1.165) is 35.5 Å². The van der Waals surface area contributed by atoms with Crippen LogP contribution in [0.3, 0.4) is 0 Å². The number of methoxy groups -OCH3 is 2. The molecule has 0 fully saturated rings. The maximum absolute atomic E-state index is 13.8. The van der Waals surface area contributed by atoms with Crippen molar-refractivity contribution in [3.63, 3.8) is 0 Å². The van der Waals surface area contributed by atoms with Crippen LogP contribution in [0.5, 0.6) is 11.6 Å². The molecule has 2 aromatic heterocycles. The SMILES string of the molecule is CCC1=CN(c2ccc(-c3cc(C)c(N[C@@H](C)c4ccc(F)c(OC)c4)nn3)nc2OC)C=CCN1. The standard InChI is InChI=1S/C27H31FN6O2/c1-6-20-16-34(13-7-12-29-20)24-11-10-22(31-27(24)36-5)23-14-17(2)26(33-32-23)30-18(3)19-8-9-21(28)25(15-19)35-4/h7-11,13-16,18,29H,6,12H2,1-5H3,(H,30,33)/t18-/m0/s1. The Hall–Kier alpha value is -4.14. The molecule has 0 unspecified atom stereocenters. The largest absolute Gasteiger partial charge is 0.494 e. The highest BCUT2D eigenvalue weighted by Crippen LogP contribution is 2.32. The number of anilines is 2. The molecular weight excluding hydrogens is 459 g/mol. The van der Waals surface area contributed by atoms with Crippen molar-refractivity contribution >= 4 is 11.5 Å². The first-order valence-electron chi connectivity index (χ1n) is 11.8. The number of benzene rings is 1. The Labute approximate surface area is 210 Å². The monoisotopic (exact) mass is 490 g/mol. The fourth-order valence-corrected chi connectivity index (χ4v) is 3.89. The second-order valence-corrected chi connectivity index (χ2v) is 8.43. The van der Waals surface area contributed by atoms with Gasteiger partial charge in [0.1, 0.15) is 11.4 Å². The quantitative estimate of drug-likeness (QED) is 0.437. The maximum atomic E-state index is 13.8. The predicted molar refractivity (Wildman–Crippen MR) is 140 cm³/mol. The van der Waals surface area contributed by atoms with Crippen molar-refractivity contribution in [1.29, 1.82) is 0 Å². The minimum absolute atomic E-state index is 0.131. The highest BCUT2D eigenvalue weighted by molar-refractivity contribution is 5.66. The van der Waals surface area contributed by atoms with Gasteiger partial charge in [0.15, 0.2) is 17.4 Å². The van der Waals surface area contributed by atoms with Crippen molar-refractivity contribution in [2.45, 2.75) is 33.2 Å². The van der Waals surface area contributed by atoms with E-state index in [1.165, 1.54) is 13.2 Å². The lowest BCUT2D eigenvalue weighted by molar-refractivity contribution is 0.385. The Kier molecular flexibility index (Phi) is 7.68. The number of rotatable bonds is 8. The lowest BCUT2D eigenvalue weighted by Gasteiger charge is -2.19. The van der Waals surface area contributed by atoms with E-state index in [0.29, 0.717) is 23.1 Å². The Morgan fingerprint density at radius 1 is 1.11 bits per heavy atom. The molecule has 0 bridgehead atoms. The van der Waals surface area contributed by atoms with Crippen molar-refractivity contribution in [2.75, 3.05) is 31.0 Å². The van der Waals surface area contributed by atoms with Gasteiger partial charge >= 0.3 is 0 Å². The zero-order valence-electron chi connectivity index (χ0n) is 21.2. The molecule has 0 saturated heterocycles. The van der Waals surface area contributed by atoms with Crippen LogP contribution in [-0.2, 0) is 0 Å². The van der Waals surface area contributed by atoms with E-state index in [1.54, 1.807) is 19.2 Å². The molecule has 9 heteroatoms. The average Bonchev–Trinajstić information content (AvgIpc) is 3.15. The van der Waals surface area contributed by atoms with Gasteiger partial charge in [0, 0.05) is 24.6 Å². The van der Waals surface area contributed by atoms with Gasteiger partial charge in [0.05, 0.1) is 26.0 Å². The Bertz CT molecular complexity index is 1290. The number of aryl methyl sites for hydroxylation is 1. The summed E-state index contributed by atoms with van der Waals surface area (Å²) in [6.45, 7) is 6.80. The molecule has 1 aromatic carbocycles. The van der Waals surface area contributed by atoms with Gasteiger partial charge in [-0.3, -0.25) is 0 Å². The molecule has 0 spiro atoms. The maximum Gasteiger partial charge on any atom is 0.238 e. The summed E-state index contributed by atoms with van der Waals surface area (Å²) in [6, 6.07) is 10.5. The fourth-order valence-electron chi connectivity index (χ4n) is 3.89. The summed E-state index contributed by atoms with van der Waals surface area (Å²) in [5.41, 5.74) is 5.03. The minimum atomic E-state index is -0.395. The first-order valence-corrected chi connectivity index (χ1v) is 11.8. The number of ether oxygens (including phenoxy) is 2. The first-order chi connectivity index (χ1) is 17.4. The second-order valence-electron chi connectivity index (χ2n) is 8.43. The van der Waals surface area contributed by atoms with Gasteiger partial charge in [-0.1, -0.05) is 13.0 Å². The molecule has 0 saturated carbocycles. The Morgan fingerprint density at radius 2 is 1.94 bits per heavy atom. The highest BCUT2D eigenvalue weighted by atomic mass is 19.1. The smallest absolute Gasteiger partial charge is 0.238 e. The van der Waals surface area contributed by atoms with Gasteiger partial charge in [-0.05, 0) is 67.8 Å². The van der Waals surface area contributed by atoms with Gasteiger partial charge in [-0.25, -0.2) is 9.37 Å². The zero-order chi connectivity index (χ0) is 25.7. The van der Waals surface area contributed by atoms with Crippen LogP contribution in [0, 0.1) is 12.7 Å². The van der Waals surface area contributed by atoms with Gasteiger partial charge in [0.25, 0.3) is 0 Å². The molecule has 1 aliphatic heterocycles. The zero-order valence-corrected chi connectivity index (χ0v) is 21.2. The van der Waals surface area contributed by atoms with Gasteiger partial charge in [-0.2, -0.15) is 0 Å². The van der Waals surface area contributed by atoms with Crippen LogP contribution in [0.15, 0.2) is 60.6 Å². The number of nitrogens with zero attached hydrogens (tertiary/aromatic N) is 4. The lowest BCUT2D eigenvalue weighted by Crippen LogP contribution is -2.14. The Balaban J connectivity index is 1.57. The predicted octanol–water partition coefficient (Wildman–Crippen LogP) is 5.35. The molecule has 1 atom stereocenters. The Morgan fingerprint density at radius 3 is 2.67 bits per heavy atom. The summed E-state index contributed by atoms with van der Waals surface area (Å²) in [4.78, 5) is 6.71. The van der Waals surface area contributed by atoms with E-state index < -0.39 is 5.82 Å². The molecule has 36 heavy (non-hydrogen) atoms. The van der Waals surface area contributed by atoms with E-state index in [9.17, 15) is 4.39 Å². The number of pyridine rings is 1. The van der Waals surface area contributed by atoms with Crippen molar-refractivity contribution < 1.29 is 13.9 Å². The van der Waals surface area contributed by atoms with Crippen molar-refractivity contribution in [2.24, 2.45) is 0 Å². The topological polar surface area (TPSA) is 84.4 Å². The molecule has 0 amide bonds. The van der Waals surface area contributed by atoms with Crippen LogP contribution < -0.4 is 25.0 Å². The number of hydrogen-bond donors (Lipinski definition) is 2. The van der Waals surface area contributed by atoms with Crippen molar-refractivity contribution in [3.8, 4) is 23.0 Å². The molecule has 188 valence electrons. The van der Waals surface area contributed by atoms with Crippen LogP contribution in [0.1, 0.15) is 37.4 Å². The van der Waals surface area contributed by atoms with Crippen molar-refractivity contribution in [3.05, 3.63) is 77.5 Å². The minimum Gasteiger partial charge on any atom is -0.494 e. The molecule has 4 rings (SSSR count). The number of halogens is 1. The third-order valence-electron chi connectivity index (χ3n) is 5.98. The molecule has 0 radical (unpaired) electrons. The highest BCUT2D eigenvalue weighted by Gasteiger charge is 2.16. The summed E-state index contributed by atoms with van der Waals surface area (Å²) in [6.07, 6.45) is 6.99. The molecule has 8 nitrogen and oxygen atoms in total. The average molecular weight is 491 g/mol. The summed E-state index contributed by atoms with van der Waals surface area (Å²) >= 11 is 0. The number of aromatic nitrogens is 3. The van der Waals surface area contributed by atoms with E-state index in [1.807, 2.05) is 49.3 Å². The van der Waals surface area contributed by atoms with Crippen LogP contribution in [-0.4, -0.2) is 35.9 Å². The number of nitrogens with one attached hydrogen (secondary N) is 2. The van der Waals surface area contributed by atoms with Crippen LogP contribution in [0.4, 0.5) is 15.9 Å². The van der Waals surface area contributed by atoms with E-state index in [-0.39, 0.29) is 11.8 Å². The number of hydrogen-bond acceptors (Lipinski definition) is 8. The molecule has 0 aliphatic carbocycles. The summed E-state index contributed by atoms with van der Waals surface area (Å²) in [5, 5.41) is 15.5. The summed E-state index contributed by atoms with van der Waals surface area (Å²) in [7, 11) is 3.06. The first kappa shape index (κ1) is 25.0. The van der Waals surface area contributed by atoms with E-state index in [4.69, 9.17) is 14.5 Å². The third kappa shape index (κ3) is 5.40.